The molecule has 3 atom stereocenters. The van der Waals surface area contributed by atoms with Crippen molar-refractivity contribution in [3.63, 3.8) is 0 Å². The minimum absolute atomic E-state index is 0.145. The van der Waals surface area contributed by atoms with Gasteiger partial charge in [-0.1, -0.05) is 36.2 Å². The molecule has 2 saturated heterocycles. The highest BCUT2D eigenvalue weighted by Gasteiger charge is 2.53. The normalized spacial score (nSPS) is 27.4. The second-order valence-electron chi connectivity index (χ2n) is 9.76. The van der Waals surface area contributed by atoms with Gasteiger partial charge in [0.1, 0.15) is 15.7 Å². The van der Waals surface area contributed by atoms with Crippen molar-refractivity contribution >= 4 is 44.7 Å². The van der Waals surface area contributed by atoms with Crippen LogP contribution in [-0.2, 0) is 10.0 Å². The van der Waals surface area contributed by atoms with Crippen molar-refractivity contribution < 1.29 is 17.2 Å². The molecule has 184 valence electrons. The van der Waals surface area contributed by atoms with Crippen LogP contribution >= 0.6 is 23.2 Å². The van der Waals surface area contributed by atoms with Gasteiger partial charge in [-0.2, -0.15) is 4.39 Å². The maximum absolute atomic E-state index is 15.3. The van der Waals surface area contributed by atoms with Gasteiger partial charge in [-0.25, -0.2) is 17.8 Å². The van der Waals surface area contributed by atoms with Crippen LogP contribution in [0.25, 0.3) is 0 Å². The lowest BCUT2D eigenvalue weighted by Crippen LogP contribution is -2.55. The number of hydrogen-bond donors (Lipinski definition) is 1. The summed E-state index contributed by atoms with van der Waals surface area (Å²) in [5, 5.41) is -0.583. The fourth-order valence-corrected chi connectivity index (χ4v) is 7.74. The number of anilines is 2. The summed E-state index contributed by atoms with van der Waals surface area (Å²) in [6.07, 6.45) is 4.48. The molecular weight excluding hydrogens is 505 g/mol. The molecule has 1 aromatic carbocycles. The number of sulfonamides is 1. The Bertz CT molecular complexity index is 1230. The summed E-state index contributed by atoms with van der Waals surface area (Å²) in [4.78, 5) is 7.28. The number of aromatic nitrogens is 1. The quantitative estimate of drug-likeness (QED) is 0.426. The van der Waals surface area contributed by atoms with Crippen LogP contribution in [0.3, 0.4) is 0 Å². The van der Waals surface area contributed by atoms with Gasteiger partial charge >= 0.3 is 0 Å². The van der Waals surface area contributed by atoms with Crippen LogP contribution < -0.4 is 9.62 Å². The number of nitrogens with zero attached hydrogens (tertiary/aromatic N) is 3. The third-order valence-electron chi connectivity index (χ3n) is 7.56. The van der Waals surface area contributed by atoms with E-state index in [0.29, 0.717) is 24.2 Å². The lowest BCUT2D eigenvalue weighted by molar-refractivity contribution is 0.000290. The van der Waals surface area contributed by atoms with Gasteiger partial charge in [0.25, 0.3) is 10.0 Å². The molecule has 0 radical (unpaired) electrons. The molecule has 34 heavy (non-hydrogen) atoms. The Labute approximate surface area is 208 Å². The molecule has 3 heterocycles. The minimum atomic E-state index is -4.49. The molecule has 1 spiro atoms. The minimum Gasteiger partial charge on any atom is -0.370 e. The molecule has 0 amide bonds. The van der Waals surface area contributed by atoms with E-state index in [1.165, 1.54) is 31.0 Å². The number of pyridine rings is 1. The first-order valence-corrected chi connectivity index (χ1v) is 13.7. The number of hydrogen-bond acceptors (Lipinski definition) is 5. The third kappa shape index (κ3) is 4.14. The zero-order valence-electron chi connectivity index (χ0n) is 18.7. The first-order chi connectivity index (χ1) is 16.1. The van der Waals surface area contributed by atoms with Crippen molar-refractivity contribution in [2.75, 3.05) is 35.8 Å². The Morgan fingerprint density at radius 2 is 1.97 bits per heavy atom. The molecule has 1 aromatic heterocycles. The average molecular weight is 531 g/mol. The van der Waals surface area contributed by atoms with Crippen LogP contribution in [0, 0.1) is 23.1 Å². The predicted octanol–water partition coefficient (Wildman–Crippen LogP) is 5.17. The van der Waals surface area contributed by atoms with Crippen LogP contribution in [-0.4, -0.2) is 50.5 Å². The number of halogens is 4. The predicted molar refractivity (Wildman–Crippen MR) is 129 cm³/mol. The van der Waals surface area contributed by atoms with Crippen LogP contribution in [0.15, 0.2) is 29.2 Å². The first kappa shape index (κ1) is 24.0. The van der Waals surface area contributed by atoms with Crippen molar-refractivity contribution in [2.24, 2.45) is 11.3 Å². The second kappa shape index (κ2) is 8.76. The van der Waals surface area contributed by atoms with Crippen molar-refractivity contribution in [1.29, 1.82) is 0 Å². The monoisotopic (exact) mass is 530 g/mol. The Morgan fingerprint density at radius 1 is 1.18 bits per heavy atom. The van der Waals surface area contributed by atoms with E-state index in [9.17, 15) is 12.8 Å². The van der Waals surface area contributed by atoms with Crippen molar-refractivity contribution in [1.82, 2.24) is 9.88 Å². The van der Waals surface area contributed by atoms with E-state index < -0.39 is 26.7 Å². The van der Waals surface area contributed by atoms with Crippen LogP contribution in [0.5, 0.6) is 0 Å². The van der Waals surface area contributed by atoms with E-state index in [1.807, 2.05) is 4.90 Å². The molecule has 0 unspecified atom stereocenters. The van der Waals surface area contributed by atoms with Crippen LogP contribution in [0.2, 0.25) is 10.0 Å². The van der Waals surface area contributed by atoms with Gasteiger partial charge < -0.3 is 4.90 Å². The number of likely N-dealkylation sites (tertiary alicyclic amines) is 1. The highest BCUT2D eigenvalue weighted by molar-refractivity contribution is 7.92. The Hall–Kier alpha value is -1.68. The summed E-state index contributed by atoms with van der Waals surface area (Å²) in [6, 6.07) is 5.53. The van der Waals surface area contributed by atoms with E-state index in [1.54, 1.807) is 0 Å². The fraction of sp³-hybridized carbons (Fsp3) is 0.522. The molecule has 0 bridgehead atoms. The smallest absolute Gasteiger partial charge is 0.267 e. The lowest BCUT2D eigenvalue weighted by atomic mass is 9.63. The number of benzene rings is 1. The van der Waals surface area contributed by atoms with Crippen LogP contribution in [0.1, 0.15) is 32.6 Å². The van der Waals surface area contributed by atoms with Gasteiger partial charge in [-0.3, -0.25) is 9.62 Å². The van der Waals surface area contributed by atoms with E-state index in [0.717, 1.165) is 38.5 Å². The van der Waals surface area contributed by atoms with Crippen LogP contribution in [0.4, 0.5) is 20.3 Å². The Balaban J connectivity index is 1.39. The average Bonchev–Trinajstić information content (AvgIpc) is 3.38. The second-order valence-corrected chi connectivity index (χ2v) is 12.2. The summed E-state index contributed by atoms with van der Waals surface area (Å²) in [5.41, 5.74) is 0.537. The number of nitrogens with one attached hydrogen (secondary N) is 1. The molecule has 3 fully saturated rings. The highest BCUT2D eigenvalue weighted by atomic mass is 35.5. The molecule has 6 nitrogen and oxygen atoms in total. The molecular formula is C23H26Cl2F2N4O2S. The van der Waals surface area contributed by atoms with E-state index >= 15 is 4.39 Å². The van der Waals surface area contributed by atoms with Gasteiger partial charge in [0.05, 0.1) is 10.7 Å². The molecule has 1 aliphatic carbocycles. The Morgan fingerprint density at radius 3 is 2.62 bits per heavy atom. The van der Waals surface area contributed by atoms with Gasteiger partial charge in [0, 0.05) is 31.1 Å². The molecule has 2 aromatic rings. The molecule has 5 rings (SSSR count). The molecule has 2 aliphatic heterocycles. The molecule has 3 aliphatic rings. The zero-order valence-corrected chi connectivity index (χ0v) is 21.0. The third-order valence-corrected chi connectivity index (χ3v) is 9.75. The van der Waals surface area contributed by atoms with Gasteiger partial charge in [-0.15, -0.1) is 0 Å². The zero-order chi connectivity index (χ0) is 24.3. The standard InChI is InChI=1S/C23H26Cl2F2N4O2S/c1-14-6-9-30(12-14)17-5-7-23(17)8-10-31(13-23)16-11-15(24)22(21(27)20(16)25)34(32,33)29-19-4-2-3-18(26)28-19/h2-4,11,14,17H,5-10,12-13H2,1H3,(H,28,29)/t14-,17+,23-/m0/s1. The van der Waals surface area contributed by atoms with Gasteiger partial charge in [0.15, 0.2) is 5.82 Å². The maximum Gasteiger partial charge on any atom is 0.267 e. The van der Waals surface area contributed by atoms with E-state index in [2.05, 4.69) is 21.5 Å². The maximum atomic E-state index is 15.3. The summed E-state index contributed by atoms with van der Waals surface area (Å²) >= 11 is 12.7. The van der Waals surface area contributed by atoms with Gasteiger partial charge in [0.2, 0.25) is 5.95 Å². The largest absolute Gasteiger partial charge is 0.370 e. The highest BCUT2D eigenvalue weighted by Crippen LogP contribution is 2.53. The summed E-state index contributed by atoms with van der Waals surface area (Å²) < 4.78 is 56.4. The topological polar surface area (TPSA) is 65.5 Å². The fourth-order valence-electron chi connectivity index (χ4n) is 5.78. The molecule has 1 N–H and O–H groups in total. The first-order valence-electron chi connectivity index (χ1n) is 11.4. The van der Waals surface area contributed by atoms with Crippen molar-refractivity contribution in [3.05, 3.63) is 46.1 Å². The van der Waals surface area contributed by atoms with Gasteiger partial charge in [-0.05, 0) is 56.3 Å². The summed E-state index contributed by atoms with van der Waals surface area (Å²) in [6.45, 7) is 5.95. The van der Waals surface area contributed by atoms with E-state index in [4.69, 9.17) is 23.2 Å². The SMILES string of the molecule is C[C@H]1CCN([C@@H]2CC[C@@]23CCN(c2cc(Cl)c(S(=O)(=O)Nc4cccc(F)n4)c(F)c2Cl)C3)C1. The van der Waals surface area contributed by atoms with Crippen molar-refractivity contribution in [3.8, 4) is 0 Å². The van der Waals surface area contributed by atoms with Crippen molar-refractivity contribution in [2.45, 2.75) is 43.5 Å². The Kier molecular flexibility index (Phi) is 6.19. The lowest BCUT2D eigenvalue weighted by Gasteiger charge is -2.51. The summed E-state index contributed by atoms with van der Waals surface area (Å²) in [5.74, 6) is -1.58. The summed E-state index contributed by atoms with van der Waals surface area (Å²) in [7, 11) is -4.49. The van der Waals surface area contributed by atoms with E-state index in [-0.39, 0.29) is 21.3 Å². The number of rotatable bonds is 5. The molecule has 1 saturated carbocycles. The molecule has 11 heteroatoms.